The number of nitrogens with one attached hydrogen (secondary N) is 2. The molecule has 0 bridgehead atoms. The molecule has 2 amide bonds. The third-order valence-electron chi connectivity index (χ3n) is 5.03. The van der Waals surface area contributed by atoms with E-state index in [1.54, 1.807) is 30.3 Å². The SMILES string of the molecule is C[C@H](NC(=O)CSc1nc(N)c(C(=O)Nc2ccccc2)cc1C#N)c1ccc2c(c1)OCO2. The molecule has 172 valence electrons. The molecule has 4 rings (SSSR count). The second-order valence-corrected chi connectivity index (χ2v) is 8.36. The molecule has 0 saturated carbocycles. The van der Waals surface area contributed by atoms with Gasteiger partial charge in [-0.25, -0.2) is 4.98 Å². The second kappa shape index (κ2) is 10.1. The van der Waals surface area contributed by atoms with Crippen molar-refractivity contribution in [2.24, 2.45) is 0 Å². The van der Waals surface area contributed by atoms with Crippen molar-refractivity contribution in [3.8, 4) is 17.6 Å². The number of nitrogens with zero attached hydrogens (tertiary/aromatic N) is 2. The molecule has 2 heterocycles. The van der Waals surface area contributed by atoms with E-state index in [-0.39, 0.29) is 46.5 Å². The molecule has 4 N–H and O–H groups in total. The fourth-order valence-electron chi connectivity index (χ4n) is 3.28. The molecule has 0 unspecified atom stereocenters. The number of hydrogen-bond donors (Lipinski definition) is 3. The van der Waals surface area contributed by atoms with Gasteiger partial charge in [0.2, 0.25) is 12.7 Å². The molecular weight excluding hydrogens is 454 g/mol. The fraction of sp³-hybridized carbons (Fsp3) is 0.167. The Morgan fingerprint density at radius 1 is 1.18 bits per heavy atom. The number of anilines is 2. The molecule has 0 spiro atoms. The average molecular weight is 476 g/mol. The van der Waals surface area contributed by atoms with Crippen LogP contribution in [0.1, 0.15) is 34.5 Å². The number of nitriles is 1. The molecule has 10 heteroatoms. The van der Waals surface area contributed by atoms with Crippen LogP contribution >= 0.6 is 11.8 Å². The van der Waals surface area contributed by atoms with E-state index in [0.29, 0.717) is 17.2 Å². The minimum atomic E-state index is -0.473. The highest BCUT2D eigenvalue weighted by Gasteiger charge is 2.19. The van der Waals surface area contributed by atoms with Crippen LogP contribution in [0.15, 0.2) is 59.6 Å². The summed E-state index contributed by atoms with van der Waals surface area (Å²) in [5.74, 6) is 0.592. The highest BCUT2D eigenvalue weighted by molar-refractivity contribution is 8.00. The van der Waals surface area contributed by atoms with Crippen LogP contribution in [0, 0.1) is 11.3 Å². The maximum atomic E-state index is 12.6. The van der Waals surface area contributed by atoms with Gasteiger partial charge in [-0.05, 0) is 42.8 Å². The number of fused-ring (bicyclic) bond motifs is 1. The number of nitrogen functional groups attached to an aromatic ring is 1. The smallest absolute Gasteiger partial charge is 0.259 e. The quantitative estimate of drug-likeness (QED) is 0.441. The second-order valence-electron chi connectivity index (χ2n) is 7.40. The summed E-state index contributed by atoms with van der Waals surface area (Å²) in [5.41, 5.74) is 7.71. The van der Waals surface area contributed by atoms with Crippen LogP contribution in [0.25, 0.3) is 0 Å². The number of amides is 2. The average Bonchev–Trinajstić information content (AvgIpc) is 3.31. The topological polar surface area (TPSA) is 139 Å². The number of hydrogen-bond acceptors (Lipinski definition) is 8. The summed E-state index contributed by atoms with van der Waals surface area (Å²) in [4.78, 5) is 29.3. The monoisotopic (exact) mass is 475 g/mol. The zero-order chi connectivity index (χ0) is 24.1. The Balaban J connectivity index is 1.39. The molecule has 0 aliphatic carbocycles. The Kier molecular flexibility index (Phi) is 6.85. The lowest BCUT2D eigenvalue weighted by atomic mass is 10.1. The van der Waals surface area contributed by atoms with Crippen LogP contribution in [-0.4, -0.2) is 29.3 Å². The molecule has 2 aromatic carbocycles. The van der Waals surface area contributed by atoms with Gasteiger partial charge in [-0.2, -0.15) is 5.26 Å². The first-order valence-electron chi connectivity index (χ1n) is 10.3. The van der Waals surface area contributed by atoms with Gasteiger partial charge in [0.25, 0.3) is 5.91 Å². The van der Waals surface area contributed by atoms with E-state index in [2.05, 4.69) is 15.6 Å². The Morgan fingerprint density at radius 2 is 1.94 bits per heavy atom. The van der Waals surface area contributed by atoms with Crippen molar-refractivity contribution >= 4 is 35.1 Å². The Labute approximate surface area is 200 Å². The fourth-order valence-corrected chi connectivity index (χ4v) is 4.06. The van der Waals surface area contributed by atoms with Crippen LogP contribution in [0.2, 0.25) is 0 Å². The third kappa shape index (κ3) is 5.22. The number of para-hydroxylation sites is 1. The van der Waals surface area contributed by atoms with Crippen LogP contribution in [0.5, 0.6) is 11.5 Å². The normalized spacial score (nSPS) is 12.5. The van der Waals surface area contributed by atoms with Crippen molar-refractivity contribution in [2.45, 2.75) is 18.0 Å². The largest absolute Gasteiger partial charge is 0.454 e. The molecular formula is C24H21N5O4S. The lowest BCUT2D eigenvalue weighted by Gasteiger charge is -2.15. The summed E-state index contributed by atoms with van der Waals surface area (Å²) in [6, 6.07) is 17.5. The number of pyridine rings is 1. The van der Waals surface area contributed by atoms with E-state index in [9.17, 15) is 14.9 Å². The molecule has 1 aliphatic rings. The summed E-state index contributed by atoms with van der Waals surface area (Å²) in [6.07, 6.45) is 0. The van der Waals surface area contributed by atoms with Gasteiger partial charge in [-0.3, -0.25) is 9.59 Å². The first kappa shape index (κ1) is 22.9. The summed E-state index contributed by atoms with van der Waals surface area (Å²) in [7, 11) is 0. The first-order valence-corrected chi connectivity index (χ1v) is 11.3. The molecule has 0 radical (unpaired) electrons. The van der Waals surface area contributed by atoms with E-state index in [1.165, 1.54) is 6.07 Å². The van der Waals surface area contributed by atoms with Crippen molar-refractivity contribution in [1.29, 1.82) is 5.26 Å². The number of thioether (sulfide) groups is 1. The van der Waals surface area contributed by atoms with E-state index in [1.807, 2.05) is 31.2 Å². The standard InChI is InChI=1S/C24H21N5O4S/c1-14(15-7-8-19-20(10-15)33-13-32-19)27-21(30)12-34-24-16(11-25)9-18(22(26)29-24)23(31)28-17-5-3-2-4-6-17/h2-10,14H,12-13H2,1H3,(H2,26,29)(H,27,30)(H,28,31)/t14-/m0/s1. The number of ether oxygens (including phenoxy) is 2. The van der Waals surface area contributed by atoms with Gasteiger partial charge in [0, 0.05) is 5.69 Å². The van der Waals surface area contributed by atoms with Gasteiger partial charge in [0.1, 0.15) is 16.9 Å². The summed E-state index contributed by atoms with van der Waals surface area (Å²) >= 11 is 1.07. The number of benzene rings is 2. The van der Waals surface area contributed by atoms with Crippen molar-refractivity contribution < 1.29 is 19.1 Å². The predicted octanol–water partition coefficient (Wildman–Crippen LogP) is 3.49. The van der Waals surface area contributed by atoms with Gasteiger partial charge in [0.05, 0.1) is 22.9 Å². The molecule has 3 aromatic rings. The van der Waals surface area contributed by atoms with Crippen molar-refractivity contribution in [2.75, 3.05) is 23.6 Å². The van der Waals surface area contributed by atoms with E-state index >= 15 is 0 Å². The van der Waals surface area contributed by atoms with Gasteiger partial charge >= 0.3 is 0 Å². The summed E-state index contributed by atoms with van der Waals surface area (Å²) in [5, 5.41) is 15.4. The predicted molar refractivity (Wildman–Crippen MR) is 128 cm³/mol. The Bertz CT molecular complexity index is 1280. The first-order chi connectivity index (χ1) is 16.4. The van der Waals surface area contributed by atoms with E-state index < -0.39 is 5.91 Å². The maximum Gasteiger partial charge on any atom is 0.259 e. The van der Waals surface area contributed by atoms with E-state index in [0.717, 1.165) is 17.3 Å². The number of nitrogens with two attached hydrogens (primary N) is 1. The van der Waals surface area contributed by atoms with E-state index in [4.69, 9.17) is 15.2 Å². The lowest BCUT2D eigenvalue weighted by Crippen LogP contribution is -2.28. The highest BCUT2D eigenvalue weighted by Crippen LogP contribution is 2.34. The van der Waals surface area contributed by atoms with Gasteiger partial charge in [-0.15, -0.1) is 0 Å². The highest BCUT2D eigenvalue weighted by atomic mass is 32.2. The summed E-state index contributed by atoms with van der Waals surface area (Å²) in [6.45, 7) is 2.04. The number of carbonyl (C=O) groups is 2. The van der Waals surface area contributed by atoms with Gasteiger partial charge < -0.3 is 25.8 Å². The molecule has 0 saturated heterocycles. The van der Waals surface area contributed by atoms with Crippen molar-refractivity contribution in [3.63, 3.8) is 0 Å². The van der Waals surface area contributed by atoms with Crippen LogP contribution in [0.4, 0.5) is 11.5 Å². The lowest BCUT2D eigenvalue weighted by molar-refractivity contribution is -0.119. The zero-order valence-electron chi connectivity index (χ0n) is 18.2. The Morgan fingerprint density at radius 3 is 2.71 bits per heavy atom. The summed E-state index contributed by atoms with van der Waals surface area (Å²) < 4.78 is 10.7. The minimum absolute atomic E-state index is 0.0194. The zero-order valence-corrected chi connectivity index (χ0v) is 19.0. The Hall–Kier alpha value is -4.23. The van der Waals surface area contributed by atoms with Crippen LogP contribution in [-0.2, 0) is 4.79 Å². The minimum Gasteiger partial charge on any atom is -0.454 e. The number of carbonyl (C=O) groups excluding carboxylic acids is 2. The molecule has 1 aliphatic heterocycles. The van der Waals surface area contributed by atoms with Gasteiger partial charge in [-0.1, -0.05) is 36.0 Å². The number of rotatable bonds is 7. The van der Waals surface area contributed by atoms with Crippen molar-refractivity contribution in [3.05, 3.63) is 71.3 Å². The van der Waals surface area contributed by atoms with Crippen LogP contribution in [0.3, 0.4) is 0 Å². The van der Waals surface area contributed by atoms with Crippen LogP contribution < -0.4 is 25.8 Å². The molecule has 0 fully saturated rings. The maximum absolute atomic E-state index is 12.6. The van der Waals surface area contributed by atoms with Crippen molar-refractivity contribution in [1.82, 2.24) is 10.3 Å². The molecule has 1 atom stereocenters. The molecule has 1 aromatic heterocycles. The molecule has 34 heavy (non-hydrogen) atoms. The third-order valence-corrected chi connectivity index (χ3v) is 6.02. The molecule has 9 nitrogen and oxygen atoms in total. The van der Waals surface area contributed by atoms with Gasteiger partial charge in [0.15, 0.2) is 11.5 Å². The number of aromatic nitrogens is 1.